The molecule has 114 valence electrons. The van der Waals surface area contributed by atoms with Crippen LogP contribution in [0.1, 0.15) is 26.3 Å². The molecule has 0 radical (unpaired) electrons. The van der Waals surface area contributed by atoms with Gasteiger partial charge in [-0.25, -0.2) is 9.59 Å². The molecule has 0 aliphatic heterocycles. The maximum absolute atomic E-state index is 11.7. The van der Waals surface area contributed by atoms with Crippen molar-refractivity contribution in [1.82, 2.24) is 15.2 Å². The van der Waals surface area contributed by atoms with E-state index in [1.165, 1.54) is 4.57 Å². The summed E-state index contributed by atoms with van der Waals surface area (Å²) in [6, 6.07) is 5.20. The number of rotatable bonds is 3. The molecule has 1 aromatic carbocycles. The maximum atomic E-state index is 11.7. The summed E-state index contributed by atoms with van der Waals surface area (Å²) >= 11 is 0. The summed E-state index contributed by atoms with van der Waals surface area (Å²) < 4.78 is 6.51. The Bertz CT molecular complexity index is 707. The molecule has 2 aromatic rings. The van der Waals surface area contributed by atoms with Crippen molar-refractivity contribution in [1.29, 1.82) is 0 Å². The van der Waals surface area contributed by atoms with Gasteiger partial charge in [0.25, 0.3) is 0 Å². The van der Waals surface area contributed by atoms with Crippen LogP contribution in [0.2, 0.25) is 0 Å². The number of hydrogen-bond acceptors (Lipinski definition) is 3. The first-order chi connectivity index (χ1) is 9.76. The number of oxazole rings is 1. The van der Waals surface area contributed by atoms with Gasteiger partial charge >= 0.3 is 11.8 Å². The van der Waals surface area contributed by atoms with E-state index < -0.39 is 5.76 Å². The van der Waals surface area contributed by atoms with E-state index in [1.807, 2.05) is 12.1 Å². The first kappa shape index (κ1) is 15.2. The Labute approximate surface area is 123 Å². The molecule has 0 saturated heterocycles. The third-order valence-electron chi connectivity index (χ3n) is 3.09. The molecule has 0 saturated carbocycles. The van der Waals surface area contributed by atoms with Crippen LogP contribution in [0.25, 0.3) is 11.1 Å². The van der Waals surface area contributed by atoms with Gasteiger partial charge in [-0.1, -0.05) is 26.8 Å². The van der Waals surface area contributed by atoms with E-state index >= 15 is 0 Å². The SMILES string of the molecule is Cn1c(=O)oc2ccc(CNC(=O)NCC(C)(C)C)cc21. The topological polar surface area (TPSA) is 76.3 Å². The molecule has 6 nitrogen and oxygen atoms in total. The number of hydrogen-bond donors (Lipinski definition) is 2. The molecule has 2 amide bonds. The summed E-state index contributed by atoms with van der Waals surface area (Å²) in [5.41, 5.74) is 2.22. The molecule has 21 heavy (non-hydrogen) atoms. The fourth-order valence-electron chi connectivity index (χ4n) is 1.87. The molecule has 2 rings (SSSR count). The standard InChI is InChI=1S/C15H21N3O3/c1-15(2,3)9-17-13(19)16-8-10-5-6-12-11(7-10)18(4)14(20)21-12/h5-7H,8-9H2,1-4H3,(H2,16,17,19). The highest BCUT2D eigenvalue weighted by atomic mass is 16.4. The van der Waals surface area contributed by atoms with Crippen molar-refractivity contribution in [3.05, 3.63) is 34.3 Å². The van der Waals surface area contributed by atoms with Crippen molar-refractivity contribution in [2.24, 2.45) is 12.5 Å². The Balaban J connectivity index is 1.99. The molecule has 0 atom stereocenters. The minimum atomic E-state index is -0.391. The Kier molecular flexibility index (Phi) is 4.06. The number of benzene rings is 1. The molecule has 0 bridgehead atoms. The van der Waals surface area contributed by atoms with E-state index in [-0.39, 0.29) is 11.4 Å². The van der Waals surface area contributed by atoms with Crippen LogP contribution in [0.15, 0.2) is 27.4 Å². The van der Waals surface area contributed by atoms with Gasteiger partial charge in [-0.2, -0.15) is 0 Å². The van der Waals surface area contributed by atoms with E-state index in [4.69, 9.17) is 4.42 Å². The van der Waals surface area contributed by atoms with E-state index in [0.717, 1.165) is 11.1 Å². The van der Waals surface area contributed by atoms with Gasteiger partial charge in [0.05, 0.1) is 5.52 Å². The Morgan fingerprint density at radius 2 is 2.00 bits per heavy atom. The zero-order chi connectivity index (χ0) is 15.6. The van der Waals surface area contributed by atoms with Crippen molar-refractivity contribution in [3.8, 4) is 0 Å². The van der Waals surface area contributed by atoms with Crippen molar-refractivity contribution in [2.45, 2.75) is 27.3 Å². The summed E-state index contributed by atoms with van der Waals surface area (Å²) in [6.07, 6.45) is 0. The van der Waals surface area contributed by atoms with Crippen LogP contribution in [-0.4, -0.2) is 17.1 Å². The monoisotopic (exact) mass is 291 g/mol. The van der Waals surface area contributed by atoms with Gasteiger partial charge in [0.15, 0.2) is 5.58 Å². The first-order valence-corrected chi connectivity index (χ1v) is 6.86. The maximum Gasteiger partial charge on any atom is 0.419 e. The van der Waals surface area contributed by atoms with E-state index in [1.54, 1.807) is 13.1 Å². The lowest BCUT2D eigenvalue weighted by molar-refractivity contribution is 0.235. The molecular weight excluding hydrogens is 270 g/mol. The number of aryl methyl sites for hydroxylation is 1. The summed E-state index contributed by atoms with van der Waals surface area (Å²) in [4.78, 5) is 23.1. The third-order valence-corrected chi connectivity index (χ3v) is 3.09. The number of nitrogens with zero attached hydrogens (tertiary/aromatic N) is 1. The van der Waals surface area contributed by atoms with Gasteiger partial charge in [0.2, 0.25) is 0 Å². The van der Waals surface area contributed by atoms with Gasteiger partial charge in [0, 0.05) is 20.1 Å². The highest BCUT2D eigenvalue weighted by Crippen LogP contribution is 2.14. The van der Waals surface area contributed by atoms with E-state index in [0.29, 0.717) is 18.7 Å². The second kappa shape index (κ2) is 5.63. The quantitative estimate of drug-likeness (QED) is 0.907. The van der Waals surface area contributed by atoms with Gasteiger partial charge in [-0.3, -0.25) is 4.57 Å². The van der Waals surface area contributed by atoms with Crippen molar-refractivity contribution < 1.29 is 9.21 Å². The molecule has 0 spiro atoms. The number of amides is 2. The lowest BCUT2D eigenvalue weighted by Gasteiger charge is -2.18. The van der Waals surface area contributed by atoms with Crippen molar-refractivity contribution >= 4 is 17.1 Å². The van der Waals surface area contributed by atoms with Crippen LogP contribution in [-0.2, 0) is 13.6 Å². The van der Waals surface area contributed by atoms with Gasteiger partial charge in [-0.05, 0) is 23.1 Å². The van der Waals surface area contributed by atoms with Crippen LogP contribution in [0.3, 0.4) is 0 Å². The normalized spacial score (nSPS) is 11.6. The van der Waals surface area contributed by atoms with Gasteiger partial charge in [-0.15, -0.1) is 0 Å². The molecule has 6 heteroatoms. The lowest BCUT2D eigenvalue weighted by atomic mass is 9.97. The number of aromatic nitrogens is 1. The molecule has 0 aliphatic rings. The molecule has 0 fully saturated rings. The molecule has 1 aromatic heterocycles. The number of carbonyl (C=O) groups is 1. The minimum Gasteiger partial charge on any atom is -0.408 e. The van der Waals surface area contributed by atoms with Crippen LogP contribution in [0, 0.1) is 5.41 Å². The van der Waals surface area contributed by atoms with Crippen molar-refractivity contribution in [3.63, 3.8) is 0 Å². The van der Waals surface area contributed by atoms with Crippen LogP contribution in [0.4, 0.5) is 4.79 Å². The average molecular weight is 291 g/mol. The lowest BCUT2D eigenvalue weighted by Crippen LogP contribution is -2.39. The summed E-state index contributed by atoms with van der Waals surface area (Å²) in [7, 11) is 1.65. The molecule has 0 aliphatic carbocycles. The summed E-state index contributed by atoms with van der Waals surface area (Å²) in [5.74, 6) is -0.391. The molecular formula is C15H21N3O3. The summed E-state index contributed by atoms with van der Waals surface area (Å²) in [6.45, 7) is 7.17. The van der Waals surface area contributed by atoms with Gasteiger partial charge < -0.3 is 15.1 Å². The number of carbonyl (C=O) groups excluding carboxylic acids is 1. The fraction of sp³-hybridized carbons (Fsp3) is 0.467. The zero-order valence-electron chi connectivity index (χ0n) is 12.8. The zero-order valence-corrected chi connectivity index (χ0v) is 12.8. The van der Waals surface area contributed by atoms with Crippen molar-refractivity contribution in [2.75, 3.05) is 6.54 Å². The van der Waals surface area contributed by atoms with Crippen LogP contribution in [0.5, 0.6) is 0 Å². The molecule has 1 heterocycles. The Morgan fingerprint density at radius 1 is 1.29 bits per heavy atom. The number of urea groups is 1. The molecule has 2 N–H and O–H groups in total. The predicted octanol–water partition coefficient (Wildman–Crippen LogP) is 1.98. The number of nitrogens with one attached hydrogen (secondary N) is 2. The van der Waals surface area contributed by atoms with E-state index in [2.05, 4.69) is 31.4 Å². The average Bonchev–Trinajstić information content (AvgIpc) is 2.69. The van der Waals surface area contributed by atoms with Crippen LogP contribution < -0.4 is 16.4 Å². The summed E-state index contributed by atoms with van der Waals surface area (Å²) in [5, 5.41) is 5.62. The highest BCUT2D eigenvalue weighted by Gasteiger charge is 2.12. The van der Waals surface area contributed by atoms with Gasteiger partial charge in [0.1, 0.15) is 0 Å². The Hall–Kier alpha value is -2.24. The fourth-order valence-corrected chi connectivity index (χ4v) is 1.87. The van der Waals surface area contributed by atoms with E-state index in [9.17, 15) is 9.59 Å². The largest absolute Gasteiger partial charge is 0.419 e. The smallest absolute Gasteiger partial charge is 0.408 e. The second-order valence-electron chi connectivity index (χ2n) is 6.33. The minimum absolute atomic E-state index is 0.0469. The first-order valence-electron chi connectivity index (χ1n) is 6.86. The highest BCUT2D eigenvalue weighted by molar-refractivity contribution is 5.75. The Morgan fingerprint density at radius 3 is 2.67 bits per heavy atom. The van der Waals surface area contributed by atoms with Crippen LogP contribution >= 0.6 is 0 Å². The third kappa shape index (κ3) is 3.87. The second-order valence-corrected chi connectivity index (χ2v) is 6.33. The molecule has 0 unspecified atom stereocenters. The number of fused-ring (bicyclic) bond motifs is 1. The predicted molar refractivity (Wildman–Crippen MR) is 81.1 cm³/mol.